The van der Waals surface area contributed by atoms with Gasteiger partial charge in [0.05, 0.1) is 0 Å². The van der Waals surface area contributed by atoms with Gasteiger partial charge in [0.15, 0.2) is 0 Å². The van der Waals surface area contributed by atoms with Crippen molar-refractivity contribution in [2.75, 3.05) is 55.4 Å². The van der Waals surface area contributed by atoms with Gasteiger partial charge in [-0.05, 0) is 32.6 Å². The predicted molar refractivity (Wildman–Crippen MR) is 85.0 cm³/mol. The highest BCUT2D eigenvalue weighted by Gasteiger charge is 2.17. The van der Waals surface area contributed by atoms with Crippen LogP contribution >= 0.6 is 0 Å². The first-order valence-corrected chi connectivity index (χ1v) is 7.81. The third-order valence-electron chi connectivity index (χ3n) is 3.41. The van der Waals surface area contributed by atoms with Gasteiger partial charge in [0.25, 0.3) is 0 Å². The largest absolute Gasteiger partial charge is 0.385 e. The second kappa shape index (κ2) is 8.61. The van der Waals surface area contributed by atoms with Crippen LogP contribution in [0.2, 0.25) is 0 Å². The fourth-order valence-corrected chi connectivity index (χ4v) is 2.31. The van der Waals surface area contributed by atoms with E-state index in [-0.39, 0.29) is 0 Å². The molecule has 2 N–H and O–H groups in total. The molecule has 2 rings (SSSR count). The van der Waals surface area contributed by atoms with Crippen LogP contribution in [0, 0.1) is 0 Å². The normalized spacial score (nSPS) is 14.5. The number of rotatable bonds is 9. The molecule has 1 aromatic rings. The fourth-order valence-electron chi connectivity index (χ4n) is 2.31. The van der Waals surface area contributed by atoms with Crippen LogP contribution in [-0.2, 0) is 4.74 Å². The summed E-state index contributed by atoms with van der Waals surface area (Å²) >= 11 is 0. The van der Waals surface area contributed by atoms with E-state index in [0.717, 1.165) is 51.6 Å². The Morgan fingerprint density at radius 3 is 2.43 bits per heavy atom. The van der Waals surface area contributed by atoms with Gasteiger partial charge < -0.3 is 20.3 Å². The summed E-state index contributed by atoms with van der Waals surface area (Å²) < 4.78 is 5.05. The number of nitrogens with zero attached hydrogens (tertiary/aromatic N) is 4. The Labute approximate surface area is 126 Å². The Hall–Kier alpha value is -1.63. The van der Waals surface area contributed by atoms with Crippen LogP contribution < -0.4 is 15.5 Å². The van der Waals surface area contributed by atoms with E-state index in [4.69, 9.17) is 4.74 Å². The van der Waals surface area contributed by atoms with Crippen molar-refractivity contribution in [3.8, 4) is 0 Å². The SMILES string of the molecule is CCNc1nc(NCCCCOC)nc(N2CCCC2)n1. The zero-order valence-corrected chi connectivity index (χ0v) is 13.1. The van der Waals surface area contributed by atoms with Gasteiger partial charge in [-0.2, -0.15) is 15.0 Å². The Morgan fingerprint density at radius 1 is 1.05 bits per heavy atom. The standard InChI is InChI=1S/C14H26N6O/c1-3-15-12-17-13(16-8-4-7-11-21-2)19-14(18-12)20-9-5-6-10-20/h3-11H2,1-2H3,(H2,15,16,17,18,19). The summed E-state index contributed by atoms with van der Waals surface area (Å²) in [6, 6.07) is 0. The molecule has 1 saturated heterocycles. The molecule has 0 amide bonds. The number of aromatic nitrogens is 3. The third-order valence-corrected chi connectivity index (χ3v) is 3.41. The smallest absolute Gasteiger partial charge is 0.231 e. The topological polar surface area (TPSA) is 75.2 Å². The summed E-state index contributed by atoms with van der Waals surface area (Å²) in [5.74, 6) is 2.08. The van der Waals surface area contributed by atoms with E-state index >= 15 is 0 Å². The molecule has 1 aliphatic heterocycles. The molecule has 0 radical (unpaired) electrons. The number of ether oxygens (including phenoxy) is 1. The molecule has 0 aliphatic carbocycles. The van der Waals surface area contributed by atoms with E-state index in [0.29, 0.717) is 11.9 Å². The first-order chi connectivity index (χ1) is 10.3. The number of unbranched alkanes of at least 4 members (excludes halogenated alkanes) is 1. The highest BCUT2D eigenvalue weighted by molar-refractivity contribution is 5.44. The van der Waals surface area contributed by atoms with Crippen molar-refractivity contribution >= 4 is 17.8 Å². The number of anilines is 3. The average molecular weight is 294 g/mol. The van der Waals surface area contributed by atoms with Crippen LogP contribution in [0.3, 0.4) is 0 Å². The molecule has 0 bridgehead atoms. The first-order valence-electron chi connectivity index (χ1n) is 7.81. The summed E-state index contributed by atoms with van der Waals surface area (Å²) in [4.78, 5) is 15.7. The van der Waals surface area contributed by atoms with Gasteiger partial charge in [0.2, 0.25) is 17.8 Å². The van der Waals surface area contributed by atoms with E-state index in [1.807, 2.05) is 6.92 Å². The van der Waals surface area contributed by atoms with Crippen molar-refractivity contribution in [2.24, 2.45) is 0 Å². The zero-order chi connectivity index (χ0) is 14.9. The molecule has 0 spiro atoms. The third kappa shape index (κ3) is 5.00. The molecule has 7 heteroatoms. The Kier molecular flexibility index (Phi) is 6.46. The quantitative estimate of drug-likeness (QED) is 0.672. The van der Waals surface area contributed by atoms with Gasteiger partial charge >= 0.3 is 0 Å². The highest BCUT2D eigenvalue weighted by atomic mass is 16.5. The molecule has 1 aliphatic rings. The molecular formula is C14H26N6O. The van der Waals surface area contributed by atoms with Crippen molar-refractivity contribution in [1.29, 1.82) is 0 Å². The van der Waals surface area contributed by atoms with Crippen LogP contribution in [0.5, 0.6) is 0 Å². The van der Waals surface area contributed by atoms with Gasteiger partial charge in [-0.15, -0.1) is 0 Å². The van der Waals surface area contributed by atoms with Crippen molar-refractivity contribution in [3.63, 3.8) is 0 Å². The number of nitrogens with one attached hydrogen (secondary N) is 2. The maximum Gasteiger partial charge on any atom is 0.231 e. The number of methoxy groups -OCH3 is 1. The van der Waals surface area contributed by atoms with Crippen LogP contribution in [0.25, 0.3) is 0 Å². The molecule has 0 aromatic carbocycles. The minimum absolute atomic E-state index is 0.647. The first kappa shape index (κ1) is 15.8. The van der Waals surface area contributed by atoms with E-state index in [1.54, 1.807) is 7.11 Å². The summed E-state index contributed by atoms with van der Waals surface area (Å²) in [5, 5.41) is 6.46. The fraction of sp³-hybridized carbons (Fsp3) is 0.786. The Morgan fingerprint density at radius 2 is 1.76 bits per heavy atom. The lowest BCUT2D eigenvalue weighted by Crippen LogP contribution is -2.22. The van der Waals surface area contributed by atoms with Crippen molar-refractivity contribution in [1.82, 2.24) is 15.0 Å². The summed E-state index contributed by atoms with van der Waals surface area (Å²) in [7, 11) is 1.73. The maximum absolute atomic E-state index is 5.05. The van der Waals surface area contributed by atoms with Crippen LogP contribution in [0.4, 0.5) is 17.8 Å². The van der Waals surface area contributed by atoms with Crippen molar-refractivity contribution in [3.05, 3.63) is 0 Å². The Balaban J connectivity index is 1.97. The summed E-state index contributed by atoms with van der Waals surface area (Å²) in [6.45, 7) is 6.54. The van der Waals surface area contributed by atoms with Gasteiger partial charge in [0.1, 0.15) is 0 Å². The predicted octanol–water partition coefficient (Wildman–Crippen LogP) is 1.74. The van der Waals surface area contributed by atoms with E-state index in [1.165, 1.54) is 12.8 Å². The molecule has 2 heterocycles. The van der Waals surface area contributed by atoms with Gasteiger partial charge in [-0.3, -0.25) is 0 Å². The summed E-state index contributed by atoms with van der Waals surface area (Å²) in [6.07, 6.45) is 4.49. The molecule has 0 saturated carbocycles. The molecule has 0 atom stereocenters. The minimum atomic E-state index is 0.647. The van der Waals surface area contributed by atoms with E-state index < -0.39 is 0 Å². The van der Waals surface area contributed by atoms with Crippen molar-refractivity contribution in [2.45, 2.75) is 32.6 Å². The zero-order valence-electron chi connectivity index (χ0n) is 13.1. The minimum Gasteiger partial charge on any atom is -0.385 e. The molecule has 7 nitrogen and oxygen atoms in total. The van der Waals surface area contributed by atoms with Gasteiger partial charge in [0, 0.05) is 39.9 Å². The number of hydrogen-bond donors (Lipinski definition) is 2. The molecule has 1 fully saturated rings. The molecule has 21 heavy (non-hydrogen) atoms. The van der Waals surface area contributed by atoms with E-state index in [2.05, 4.69) is 30.5 Å². The second-order valence-electron chi connectivity index (χ2n) is 5.13. The second-order valence-corrected chi connectivity index (χ2v) is 5.13. The highest BCUT2D eigenvalue weighted by Crippen LogP contribution is 2.18. The maximum atomic E-state index is 5.05. The van der Waals surface area contributed by atoms with Crippen LogP contribution in [0.15, 0.2) is 0 Å². The summed E-state index contributed by atoms with van der Waals surface area (Å²) in [5.41, 5.74) is 0. The molecule has 1 aromatic heterocycles. The molecular weight excluding hydrogens is 268 g/mol. The molecule has 0 unspecified atom stereocenters. The van der Waals surface area contributed by atoms with Gasteiger partial charge in [-0.25, -0.2) is 0 Å². The monoisotopic (exact) mass is 294 g/mol. The lowest BCUT2D eigenvalue weighted by molar-refractivity contribution is 0.193. The van der Waals surface area contributed by atoms with Gasteiger partial charge in [-0.1, -0.05) is 0 Å². The Bertz CT molecular complexity index is 422. The van der Waals surface area contributed by atoms with E-state index in [9.17, 15) is 0 Å². The average Bonchev–Trinajstić information content (AvgIpc) is 3.01. The van der Waals surface area contributed by atoms with Crippen LogP contribution in [-0.4, -0.2) is 54.8 Å². The van der Waals surface area contributed by atoms with Crippen LogP contribution in [0.1, 0.15) is 32.6 Å². The lowest BCUT2D eigenvalue weighted by Gasteiger charge is -2.17. The van der Waals surface area contributed by atoms with Crippen molar-refractivity contribution < 1.29 is 4.74 Å². The number of hydrogen-bond acceptors (Lipinski definition) is 7. The molecule has 118 valence electrons. The lowest BCUT2D eigenvalue weighted by atomic mass is 10.3.